The van der Waals surface area contributed by atoms with Crippen molar-refractivity contribution in [2.45, 2.75) is 40.2 Å². The van der Waals surface area contributed by atoms with Crippen LogP contribution in [0.2, 0.25) is 0 Å². The van der Waals surface area contributed by atoms with Crippen LogP contribution in [0.25, 0.3) is 6.08 Å². The molecule has 0 amide bonds. The molecule has 1 rings (SSSR count). The van der Waals surface area contributed by atoms with E-state index in [1.54, 1.807) is 0 Å². The van der Waals surface area contributed by atoms with Crippen LogP contribution in [0.1, 0.15) is 39.0 Å². The molecule has 0 spiro atoms. The minimum absolute atomic E-state index is 0.530. The van der Waals surface area contributed by atoms with Gasteiger partial charge in [-0.15, -0.1) is 0 Å². The van der Waals surface area contributed by atoms with Crippen molar-refractivity contribution in [3.63, 3.8) is 0 Å². The standard InChI is InChI=1S/C13H23N3/c1-6-13-12(9-16(5)15-13)7-11(4)8-14-10(2)3/h7,9-10,14H,6,8H2,1-5H3/b11-7-. The van der Waals surface area contributed by atoms with Crippen LogP contribution in [0, 0.1) is 0 Å². The third-order valence-corrected chi connectivity index (χ3v) is 2.46. The highest BCUT2D eigenvalue weighted by molar-refractivity contribution is 5.54. The summed E-state index contributed by atoms with van der Waals surface area (Å²) in [6, 6.07) is 0.530. The van der Waals surface area contributed by atoms with E-state index in [0.29, 0.717) is 6.04 Å². The van der Waals surface area contributed by atoms with Gasteiger partial charge in [0.05, 0.1) is 5.69 Å². The van der Waals surface area contributed by atoms with E-state index in [9.17, 15) is 0 Å². The number of aromatic nitrogens is 2. The Kier molecular flexibility index (Phi) is 4.74. The Hall–Kier alpha value is -1.09. The molecule has 0 bridgehead atoms. The Bertz CT molecular complexity index is 361. The maximum Gasteiger partial charge on any atom is 0.0694 e. The summed E-state index contributed by atoms with van der Waals surface area (Å²) in [6.07, 6.45) is 5.29. The molecule has 0 aliphatic carbocycles. The van der Waals surface area contributed by atoms with Gasteiger partial charge in [-0.25, -0.2) is 0 Å². The molecule has 0 fully saturated rings. The molecular weight excluding hydrogens is 198 g/mol. The number of hydrogen-bond donors (Lipinski definition) is 1. The molecule has 90 valence electrons. The number of nitrogens with one attached hydrogen (secondary N) is 1. The molecule has 1 heterocycles. The first kappa shape index (κ1) is 13.0. The minimum Gasteiger partial charge on any atom is -0.311 e. The van der Waals surface area contributed by atoms with Crippen LogP contribution in [0.5, 0.6) is 0 Å². The first-order valence-corrected chi connectivity index (χ1v) is 5.96. The maximum atomic E-state index is 4.43. The first-order valence-electron chi connectivity index (χ1n) is 5.96. The number of rotatable bonds is 5. The summed E-state index contributed by atoms with van der Waals surface area (Å²) >= 11 is 0. The van der Waals surface area contributed by atoms with E-state index in [2.05, 4.69) is 50.4 Å². The molecule has 16 heavy (non-hydrogen) atoms. The lowest BCUT2D eigenvalue weighted by Gasteiger charge is -2.07. The molecule has 1 N–H and O–H groups in total. The summed E-state index contributed by atoms with van der Waals surface area (Å²) in [7, 11) is 1.97. The Morgan fingerprint density at radius 2 is 2.25 bits per heavy atom. The quantitative estimate of drug-likeness (QED) is 0.827. The van der Waals surface area contributed by atoms with E-state index in [4.69, 9.17) is 0 Å². The second-order valence-corrected chi connectivity index (χ2v) is 4.58. The molecule has 1 aromatic rings. The van der Waals surface area contributed by atoms with Crippen LogP contribution in [-0.4, -0.2) is 22.4 Å². The SMILES string of the molecule is CCc1nn(C)cc1/C=C(/C)CNC(C)C. The van der Waals surface area contributed by atoms with Crippen molar-refractivity contribution >= 4 is 6.08 Å². The Morgan fingerprint density at radius 3 is 2.81 bits per heavy atom. The van der Waals surface area contributed by atoms with Crippen molar-refractivity contribution in [1.82, 2.24) is 15.1 Å². The normalized spacial score (nSPS) is 12.5. The van der Waals surface area contributed by atoms with Crippen LogP contribution in [0.3, 0.4) is 0 Å². The third-order valence-electron chi connectivity index (χ3n) is 2.46. The van der Waals surface area contributed by atoms with E-state index in [1.807, 2.05) is 11.7 Å². The van der Waals surface area contributed by atoms with E-state index in [1.165, 1.54) is 16.8 Å². The van der Waals surface area contributed by atoms with Gasteiger partial charge in [-0.3, -0.25) is 4.68 Å². The van der Waals surface area contributed by atoms with Gasteiger partial charge in [0.2, 0.25) is 0 Å². The van der Waals surface area contributed by atoms with Gasteiger partial charge < -0.3 is 5.32 Å². The van der Waals surface area contributed by atoms with Gasteiger partial charge in [-0.1, -0.05) is 32.4 Å². The highest BCUT2D eigenvalue weighted by atomic mass is 15.2. The van der Waals surface area contributed by atoms with E-state index in [-0.39, 0.29) is 0 Å². The van der Waals surface area contributed by atoms with Crippen LogP contribution in [-0.2, 0) is 13.5 Å². The van der Waals surface area contributed by atoms with Crippen LogP contribution in [0.4, 0.5) is 0 Å². The number of hydrogen-bond acceptors (Lipinski definition) is 2. The molecule has 0 aliphatic heterocycles. The summed E-state index contributed by atoms with van der Waals surface area (Å²) in [4.78, 5) is 0. The van der Waals surface area contributed by atoms with E-state index >= 15 is 0 Å². The fourth-order valence-corrected chi connectivity index (χ4v) is 1.63. The fourth-order valence-electron chi connectivity index (χ4n) is 1.63. The molecule has 0 saturated carbocycles. The minimum atomic E-state index is 0.530. The number of aryl methyl sites for hydroxylation is 2. The average Bonchev–Trinajstić information content (AvgIpc) is 2.55. The highest BCUT2D eigenvalue weighted by Crippen LogP contribution is 2.11. The molecule has 0 unspecified atom stereocenters. The molecular formula is C13H23N3. The fraction of sp³-hybridized carbons (Fsp3) is 0.615. The zero-order valence-corrected chi connectivity index (χ0v) is 11.0. The summed E-state index contributed by atoms with van der Waals surface area (Å²) in [5.41, 5.74) is 3.76. The van der Waals surface area contributed by atoms with E-state index in [0.717, 1.165) is 13.0 Å². The first-order chi connectivity index (χ1) is 7.52. The second-order valence-electron chi connectivity index (χ2n) is 4.58. The Morgan fingerprint density at radius 1 is 1.56 bits per heavy atom. The summed E-state index contributed by atoms with van der Waals surface area (Å²) < 4.78 is 1.88. The second kappa shape index (κ2) is 5.85. The van der Waals surface area contributed by atoms with Crippen molar-refractivity contribution in [1.29, 1.82) is 0 Å². The lowest BCUT2D eigenvalue weighted by Crippen LogP contribution is -2.24. The third kappa shape index (κ3) is 3.81. The monoisotopic (exact) mass is 221 g/mol. The van der Waals surface area contributed by atoms with E-state index < -0.39 is 0 Å². The Balaban J connectivity index is 2.72. The van der Waals surface area contributed by atoms with Gasteiger partial charge in [0.1, 0.15) is 0 Å². The largest absolute Gasteiger partial charge is 0.311 e. The van der Waals surface area contributed by atoms with Gasteiger partial charge in [0.15, 0.2) is 0 Å². The average molecular weight is 221 g/mol. The van der Waals surface area contributed by atoms with Crippen LogP contribution < -0.4 is 5.32 Å². The maximum absolute atomic E-state index is 4.43. The number of nitrogens with zero attached hydrogens (tertiary/aromatic N) is 2. The van der Waals surface area contributed by atoms with Gasteiger partial charge in [0.25, 0.3) is 0 Å². The molecule has 0 aromatic carbocycles. The van der Waals surface area contributed by atoms with Crippen molar-refractivity contribution in [3.8, 4) is 0 Å². The predicted octanol–water partition coefficient (Wildman–Crippen LogP) is 2.38. The lowest BCUT2D eigenvalue weighted by atomic mass is 10.1. The molecule has 3 nitrogen and oxygen atoms in total. The Labute approximate surface area is 98.5 Å². The van der Waals surface area contributed by atoms with Crippen molar-refractivity contribution in [2.75, 3.05) is 6.54 Å². The van der Waals surface area contributed by atoms with Gasteiger partial charge in [-0.2, -0.15) is 5.10 Å². The zero-order chi connectivity index (χ0) is 12.1. The topological polar surface area (TPSA) is 29.9 Å². The smallest absolute Gasteiger partial charge is 0.0694 e. The van der Waals surface area contributed by atoms with Crippen molar-refractivity contribution in [2.24, 2.45) is 7.05 Å². The summed E-state index contributed by atoms with van der Waals surface area (Å²) in [5, 5.41) is 7.84. The highest BCUT2D eigenvalue weighted by Gasteiger charge is 2.03. The van der Waals surface area contributed by atoms with Crippen LogP contribution >= 0.6 is 0 Å². The predicted molar refractivity (Wildman–Crippen MR) is 69.4 cm³/mol. The molecule has 1 aromatic heterocycles. The van der Waals surface area contributed by atoms with Crippen molar-refractivity contribution < 1.29 is 0 Å². The lowest BCUT2D eigenvalue weighted by molar-refractivity contribution is 0.623. The molecule has 0 atom stereocenters. The van der Waals surface area contributed by atoms with Crippen molar-refractivity contribution in [3.05, 3.63) is 23.0 Å². The molecule has 3 heteroatoms. The molecule has 0 radical (unpaired) electrons. The van der Waals surface area contributed by atoms with Crippen LogP contribution in [0.15, 0.2) is 11.8 Å². The van der Waals surface area contributed by atoms with Gasteiger partial charge in [-0.05, 0) is 13.3 Å². The molecule has 0 saturated heterocycles. The summed E-state index contributed by atoms with van der Waals surface area (Å²) in [6.45, 7) is 9.56. The molecule has 0 aliphatic rings. The zero-order valence-electron chi connectivity index (χ0n) is 11.0. The van der Waals surface area contributed by atoms with Gasteiger partial charge in [0, 0.05) is 31.4 Å². The van der Waals surface area contributed by atoms with Gasteiger partial charge >= 0.3 is 0 Å². The summed E-state index contributed by atoms with van der Waals surface area (Å²) in [5.74, 6) is 0.